The Hall–Kier alpha value is -1.40. The molecular weight excluding hydrogens is 252 g/mol. The van der Waals surface area contributed by atoms with Gasteiger partial charge in [-0.1, -0.05) is 30.3 Å². The standard InChI is InChI=1S/C12H18N2O3S/c1-10(7-13)18(16,17)9-12(15)14-8-11-5-3-2-4-6-11/h2-6,10H,7-9,13H2,1H3,(H,14,15). The summed E-state index contributed by atoms with van der Waals surface area (Å²) < 4.78 is 23.3. The molecule has 1 aromatic carbocycles. The molecule has 0 aliphatic heterocycles. The van der Waals surface area contributed by atoms with Gasteiger partial charge in [-0.25, -0.2) is 8.42 Å². The molecule has 0 aromatic heterocycles. The largest absolute Gasteiger partial charge is 0.351 e. The van der Waals surface area contributed by atoms with Gasteiger partial charge in [0.2, 0.25) is 5.91 Å². The molecule has 0 spiro atoms. The molecule has 1 amide bonds. The van der Waals surface area contributed by atoms with Gasteiger partial charge in [0.15, 0.2) is 9.84 Å². The van der Waals surface area contributed by atoms with Crippen LogP contribution in [-0.2, 0) is 21.2 Å². The zero-order valence-electron chi connectivity index (χ0n) is 10.3. The van der Waals surface area contributed by atoms with Gasteiger partial charge in [-0.3, -0.25) is 4.79 Å². The van der Waals surface area contributed by atoms with Crippen molar-refractivity contribution in [2.24, 2.45) is 5.73 Å². The van der Waals surface area contributed by atoms with E-state index in [2.05, 4.69) is 5.32 Å². The van der Waals surface area contributed by atoms with Crippen molar-refractivity contribution in [2.45, 2.75) is 18.7 Å². The fourth-order valence-corrected chi connectivity index (χ4v) is 2.36. The van der Waals surface area contributed by atoms with E-state index >= 15 is 0 Å². The predicted octanol–water partition coefficient (Wildman–Crippen LogP) is 0.0648. The Morgan fingerprint density at radius 3 is 2.50 bits per heavy atom. The fraction of sp³-hybridized carbons (Fsp3) is 0.417. The van der Waals surface area contributed by atoms with Crippen LogP contribution in [0.1, 0.15) is 12.5 Å². The van der Waals surface area contributed by atoms with Crippen LogP contribution in [0.3, 0.4) is 0 Å². The molecule has 0 heterocycles. The van der Waals surface area contributed by atoms with Crippen molar-refractivity contribution in [1.82, 2.24) is 5.32 Å². The highest BCUT2D eigenvalue weighted by Gasteiger charge is 2.22. The van der Waals surface area contributed by atoms with E-state index in [0.717, 1.165) is 5.56 Å². The summed E-state index contributed by atoms with van der Waals surface area (Å²) >= 11 is 0. The molecule has 1 atom stereocenters. The molecule has 0 bridgehead atoms. The zero-order chi connectivity index (χ0) is 13.6. The van der Waals surface area contributed by atoms with Crippen molar-refractivity contribution in [2.75, 3.05) is 12.3 Å². The Bertz CT molecular complexity index is 485. The van der Waals surface area contributed by atoms with Gasteiger partial charge < -0.3 is 11.1 Å². The number of nitrogens with one attached hydrogen (secondary N) is 1. The van der Waals surface area contributed by atoms with Gasteiger partial charge in [0.05, 0.1) is 5.25 Å². The molecule has 0 radical (unpaired) electrons. The molecule has 0 saturated carbocycles. The minimum Gasteiger partial charge on any atom is -0.351 e. The van der Waals surface area contributed by atoms with Crippen LogP contribution in [0.2, 0.25) is 0 Å². The summed E-state index contributed by atoms with van der Waals surface area (Å²) in [7, 11) is -3.45. The molecule has 1 unspecified atom stereocenters. The molecule has 6 heteroatoms. The van der Waals surface area contributed by atoms with Crippen molar-refractivity contribution in [3.8, 4) is 0 Å². The Labute approximate surface area is 107 Å². The molecule has 0 aliphatic carbocycles. The van der Waals surface area contributed by atoms with E-state index in [1.165, 1.54) is 6.92 Å². The lowest BCUT2D eigenvalue weighted by atomic mass is 10.2. The highest BCUT2D eigenvalue weighted by Crippen LogP contribution is 2.01. The summed E-state index contributed by atoms with van der Waals surface area (Å²) in [6.45, 7) is 1.85. The highest BCUT2D eigenvalue weighted by atomic mass is 32.2. The Morgan fingerprint density at radius 1 is 1.33 bits per heavy atom. The van der Waals surface area contributed by atoms with Crippen LogP contribution in [0.25, 0.3) is 0 Å². The Balaban J connectivity index is 2.48. The number of rotatable bonds is 6. The van der Waals surface area contributed by atoms with E-state index < -0.39 is 26.7 Å². The van der Waals surface area contributed by atoms with Crippen molar-refractivity contribution in [3.05, 3.63) is 35.9 Å². The van der Waals surface area contributed by atoms with Crippen LogP contribution in [0.4, 0.5) is 0 Å². The summed E-state index contributed by atoms with van der Waals surface area (Å²) in [6, 6.07) is 9.30. The molecule has 18 heavy (non-hydrogen) atoms. The lowest BCUT2D eigenvalue weighted by molar-refractivity contribution is -0.118. The van der Waals surface area contributed by atoms with Gasteiger partial charge in [0.1, 0.15) is 5.75 Å². The number of hydrogen-bond acceptors (Lipinski definition) is 4. The van der Waals surface area contributed by atoms with Crippen molar-refractivity contribution >= 4 is 15.7 Å². The number of carbonyl (C=O) groups is 1. The molecule has 3 N–H and O–H groups in total. The third kappa shape index (κ3) is 4.46. The monoisotopic (exact) mass is 270 g/mol. The van der Waals surface area contributed by atoms with Gasteiger partial charge in [-0.15, -0.1) is 0 Å². The lowest BCUT2D eigenvalue weighted by Gasteiger charge is -2.10. The van der Waals surface area contributed by atoms with Crippen LogP contribution in [0.5, 0.6) is 0 Å². The van der Waals surface area contributed by atoms with Crippen LogP contribution in [0, 0.1) is 0 Å². The van der Waals surface area contributed by atoms with Gasteiger partial charge in [0.25, 0.3) is 0 Å². The second-order valence-corrected chi connectivity index (χ2v) is 6.53. The number of sulfone groups is 1. The number of carbonyl (C=O) groups excluding carboxylic acids is 1. The molecular formula is C12H18N2O3S. The number of benzene rings is 1. The van der Waals surface area contributed by atoms with E-state index in [1.807, 2.05) is 30.3 Å². The highest BCUT2D eigenvalue weighted by molar-refractivity contribution is 7.92. The first-order chi connectivity index (χ1) is 8.45. The third-order valence-electron chi connectivity index (χ3n) is 2.61. The molecule has 0 fully saturated rings. The summed E-state index contributed by atoms with van der Waals surface area (Å²) in [6.07, 6.45) is 0. The predicted molar refractivity (Wildman–Crippen MR) is 70.6 cm³/mol. The number of hydrogen-bond donors (Lipinski definition) is 2. The quantitative estimate of drug-likeness (QED) is 0.765. The summed E-state index contributed by atoms with van der Waals surface area (Å²) in [4.78, 5) is 11.5. The van der Waals surface area contributed by atoms with E-state index in [0.29, 0.717) is 6.54 Å². The van der Waals surface area contributed by atoms with Crippen molar-refractivity contribution in [1.29, 1.82) is 0 Å². The van der Waals surface area contributed by atoms with E-state index in [-0.39, 0.29) is 6.54 Å². The van der Waals surface area contributed by atoms with Gasteiger partial charge >= 0.3 is 0 Å². The Kier molecular flexibility index (Phi) is 5.30. The fourth-order valence-electron chi connectivity index (χ4n) is 1.32. The molecule has 1 rings (SSSR count). The molecule has 1 aromatic rings. The summed E-state index contributed by atoms with van der Waals surface area (Å²) in [5.41, 5.74) is 6.21. The first kappa shape index (κ1) is 14.7. The van der Waals surface area contributed by atoms with Gasteiger partial charge in [-0.05, 0) is 12.5 Å². The maximum absolute atomic E-state index is 11.6. The summed E-state index contributed by atoms with van der Waals surface area (Å²) in [5.74, 6) is -1.02. The van der Waals surface area contributed by atoms with Gasteiger partial charge in [-0.2, -0.15) is 0 Å². The molecule has 5 nitrogen and oxygen atoms in total. The SMILES string of the molecule is CC(CN)S(=O)(=O)CC(=O)NCc1ccccc1. The molecule has 0 aliphatic rings. The average molecular weight is 270 g/mol. The molecule has 100 valence electrons. The smallest absolute Gasteiger partial charge is 0.235 e. The number of amides is 1. The third-order valence-corrected chi connectivity index (χ3v) is 4.69. The van der Waals surface area contributed by atoms with Crippen molar-refractivity contribution in [3.63, 3.8) is 0 Å². The second kappa shape index (κ2) is 6.51. The van der Waals surface area contributed by atoms with E-state index in [4.69, 9.17) is 5.73 Å². The average Bonchev–Trinajstić information content (AvgIpc) is 2.36. The Morgan fingerprint density at radius 2 is 1.94 bits per heavy atom. The van der Waals surface area contributed by atoms with Crippen LogP contribution in [-0.4, -0.2) is 31.9 Å². The van der Waals surface area contributed by atoms with Gasteiger partial charge in [0, 0.05) is 13.1 Å². The maximum atomic E-state index is 11.6. The maximum Gasteiger partial charge on any atom is 0.235 e. The first-order valence-electron chi connectivity index (χ1n) is 5.68. The van der Waals surface area contributed by atoms with Crippen LogP contribution in [0.15, 0.2) is 30.3 Å². The van der Waals surface area contributed by atoms with E-state index in [1.54, 1.807) is 0 Å². The minimum atomic E-state index is -3.45. The number of nitrogens with two attached hydrogens (primary N) is 1. The van der Waals surface area contributed by atoms with Crippen molar-refractivity contribution < 1.29 is 13.2 Å². The van der Waals surface area contributed by atoms with Crippen LogP contribution >= 0.6 is 0 Å². The zero-order valence-corrected chi connectivity index (χ0v) is 11.1. The lowest BCUT2D eigenvalue weighted by Crippen LogP contribution is -2.36. The molecule has 0 saturated heterocycles. The summed E-state index contributed by atoms with van der Waals surface area (Å²) in [5, 5.41) is 1.88. The minimum absolute atomic E-state index is 0.0221. The normalized spacial score (nSPS) is 13.0. The second-order valence-electron chi connectivity index (χ2n) is 4.12. The topological polar surface area (TPSA) is 89.3 Å². The van der Waals surface area contributed by atoms with Crippen LogP contribution < -0.4 is 11.1 Å². The first-order valence-corrected chi connectivity index (χ1v) is 7.39. The van der Waals surface area contributed by atoms with E-state index in [9.17, 15) is 13.2 Å².